The van der Waals surface area contributed by atoms with Gasteiger partial charge >= 0.3 is 0 Å². The zero-order valence-electron chi connectivity index (χ0n) is 12.4. The van der Waals surface area contributed by atoms with E-state index >= 15 is 0 Å². The van der Waals surface area contributed by atoms with Crippen LogP contribution in [0.2, 0.25) is 0 Å². The lowest BCUT2D eigenvalue weighted by atomic mass is 9.90. The van der Waals surface area contributed by atoms with E-state index in [1.807, 2.05) is 43.0 Å². The van der Waals surface area contributed by atoms with Crippen LogP contribution in [0.25, 0.3) is 0 Å². The normalized spacial score (nSPS) is 25.2. The quantitative estimate of drug-likeness (QED) is 0.837. The minimum Gasteiger partial charge on any atom is -0.496 e. The average molecular weight is 294 g/mol. The Morgan fingerprint density at radius 2 is 2.00 bits per heavy atom. The minimum absolute atomic E-state index is 0.210. The van der Waals surface area contributed by atoms with E-state index in [0.717, 1.165) is 11.3 Å². The highest BCUT2D eigenvalue weighted by atomic mass is 32.1. The number of aliphatic hydroxyl groups is 1. The number of hydrogen-bond acceptors (Lipinski definition) is 3. The molecule has 1 saturated heterocycles. The summed E-state index contributed by atoms with van der Waals surface area (Å²) in [5, 5.41) is 14.6. The van der Waals surface area contributed by atoms with Gasteiger partial charge in [-0.05, 0) is 39.1 Å². The molecule has 0 unspecified atom stereocenters. The van der Waals surface area contributed by atoms with Crippen molar-refractivity contribution in [3.63, 3.8) is 0 Å². The third kappa shape index (κ3) is 3.04. The Kier molecular flexibility index (Phi) is 3.93. The fraction of sp³-hybridized carbons (Fsp3) is 0.533. The summed E-state index contributed by atoms with van der Waals surface area (Å²) in [5.41, 5.74) is -0.191. The number of thiocarbonyl (C=S) groups is 1. The number of methoxy groups -OCH3 is 1. The lowest BCUT2D eigenvalue weighted by molar-refractivity contribution is -0.0922. The number of benzene rings is 1. The van der Waals surface area contributed by atoms with Crippen LogP contribution in [0.4, 0.5) is 0 Å². The van der Waals surface area contributed by atoms with Gasteiger partial charge in [-0.25, -0.2) is 0 Å². The lowest BCUT2D eigenvalue weighted by Gasteiger charge is -2.49. The SMILES string of the molecule is COc1ccccc1CN1C(=S)NC(C)(C)C[C@@]1(C)O. The number of ether oxygens (including phenoxy) is 1. The molecule has 0 bridgehead atoms. The maximum atomic E-state index is 10.7. The lowest BCUT2D eigenvalue weighted by Crippen LogP contribution is -2.65. The van der Waals surface area contributed by atoms with Crippen molar-refractivity contribution in [2.45, 2.75) is 45.0 Å². The van der Waals surface area contributed by atoms with E-state index in [-0.39, 0.29) is 5.54 Å². The molecule has 0 aromatic heterocycles. The molecule has 0 saturated carbocycles. The highest BCUT2D eigenvalue weighted by molar-refractivity contribution is 7.80. The molecule has 0 amide bonds. The van der Waals surface area contributed by atoms with Crippen LogP contribution in [0.3, 0.4) is 0 Å². The van der Waals surface area contributed by atoms with E-state index in [1.165, 1.54) is 0 Å². The average Bonchev–Trinajstić information content (AvgIpc) is 2.32. The van der Waals surface area contributed by atoms with Crippen LogP contribution in [0, 0.1) is 0 Å². The van der Waals surface area contributed by atoms with Crippen LogP contribution >= 0.6 is 12.2 Å². The highest BCUT2D eigenvalue weighted by Crippen LogP contribution is 2.32. The van der Waals surface area contributed by atoms with Crippen molar-refractivity contribution in [2.24, 2.45) is 0 Å². The zero-order valence-corrected chi connectivity index (χ0v) is 13.3. The molecule has 0 spiro atoms. The fourth-order valence-corrected chi connectivity index (χ4v) is 3.34. The number of nitrogens with zero attached hydrogens (tertiary/aromatic N) is 1. The van der Waals surface area contributed by atoms with Crippen molar-refractivity contribution in [1.82, 2.24) is 10.2 Å². The third-order valence-corrected chi connectivity index (χ3v) is 3.89. The summed E-state index contributed by atoms with van der Waals surface area (Å²) in [4.78, 5) is 1.81. The molecule has 1 aliphatic heterocycles. The molecule has 2 N–H and O–H groups in total. The van der Waals surface area contributed by atoms with Gasteiger partial charge in [0, 0.05) is 17.5 Å². The Morgan fingerprint density at radius 3 is 2.60 bits per heavy atom. The summed E-state index contributed by atoms with van der Waals surface area (Å²) in [5.74, 6) is 0.802. The molecule has 5 heteroatoms. The smallest absolute Gasteiger partial charge is 0.171 e. The Labute approximate surface area is 125 Å². The molecule has 110 valence electrons. The van der Waals surface area contributed by atoms with Crippen LogP contribution in [0.15, 0.2) is 24.3 Å². The van der Waals surface area contributed by atoms with Crippen molar-refractivity contribution in [3.8, 4) is 5.75 Å². The van der Waals surface area contributed by atoms with Gasteiger partial charge in [-0.2, -0.15) is 0 Å². The Morgan fingerprint density at radius 1 is 1.35 bits per heavy atom. The molecule has 1 aromatic rings. The standard InChI is InChI=1S/C15H22N2O2S/c1-14(2)10-15(3,18)17(13(20)16-14)9-11-7-5-6-8-12(11)19-4/h5-8,18H,9-10H2,1-4H3,(H,16,20)/t15-/m1/s1. The van der Waals surface area contributed by atoms with Gasteiger partial charge in [0.25, 0.3) is 0 Å². The van der Waals surface area contributed by atoms with Crippen LogP contribution in [-0.2, 0) is 6.54 Å². The molecule has 4 nitrogen and oxygen atoms in total. The molecule has 1 fully saturated rings. The van der Waals surface area contributed by atoms with Gasteiger partial charge in [-0.3, -0.25) is 0 Å². The molecule has 1 atom stereocenters. The summed E-state index contributed by atoms with van der Waals surface area (Å²) < 4.78 is 5.36. The highest BCUT2D eigenvalue weighted by Gasteiger charge is 2.42. The number of rotatable bonds is 3. The van der Waals surface area contributed by atoms with Gasteiger partial charge in [-0.15, -0.1) is 0 Å². The topological polar surface area (TPSA) is 44.7 Å². The maximum Gasteiger partial charge on any atom is 0.171 e. The molecule has 1 heterocycles. The monoisotopic (exact) mass is 294 g/mol. The van der Waals surface area contributed by atoms with E-state index in [1.54, 1.807) is 14.0 Å². The van der Waals surface area contributed by atoms with E-state index < -0.39 is 5.72 Å². The van der Waals surface area contributed by atoms with E-state index in [4.69, 9.17) is 17.0 Å². The zero-order chi connectivity index (χ0) is 15.0. The minimum atomic E-state index is -0.979. The summed E-state index contributed by atoms with van der Waals surface area (Å²) in [6.07, 6.45) is 0.593. The van der Waals surface area contributed by atoms with Gasteiger partial charge in [0.1, 0.15) is 11.5 Å². The predicted octanol–water partition coefficient (Wildman–Crippen LogP) is 2.26. The molecule has 0 radical (unpaired) electrons. The van der Waals surface area contributed by atoms with Crippen LogP contribution in [0.1, 0.15) is 32.8 Å². The first-order valence-corrected chi connectivity index (χ1v) is 7.10. The summed E-state index contributed by atoms with van der Waals surface area (Å²) in [6.45, 7) is 6.39. The first-order valence-electron chi connectivity index (χ1n) is 6.69. The summed E-state index contributed by atoms with van der Waals surface area (Å²) in [6, 6.07) is 7.78. The summed E-state index contributed by atoms with van der Waals surface area (Å²) >= 11 is 5.42. The molecule has 1 aliphatic rings. The van der Waals surface area contributed by atoms with Crippen molar-refractivity contribution < 1.29 is 9.84 Å². The van der Waals surface area contributed by atoms with E-state index in [0.29, 0.717) is 18.1 Å². The first-order chi connectivity index (χ1) is 9.25. The maximum absolute atomic E-state index is 10.7. The molecule has 1 aromatic carbocycles. The van der Waals surface area contributed by atoms with Crippen LogP contribution in [-0.4, -0.2) is 33.5 Å². The number of para-hydroxylation sites is 1. The number of nitrogens with one attached hydrogen (secondary N) is 1. The largest absolute Gasteiger partial charge is 0.496 e. The molecule has 2 rings (SSSR count). The Bertz CT molecular complexity index is 514. The van der Waals surface area contributed by atoms with E-state index in [9.17, 15) is 5.11 Å². The van der Waals surface area contributed by atoms with Crippen LogP contribution < -0.4 is 10.1 Å². The predicted molar refractivity (Wildman–Crippen MR) is 83.6 cm³/mol. The van der Waals surface area contributed by atoms with Gasteiger partial charge in [0.05, 0.1) is 13.7 Å². The van der Waals surface area contributed by atoms with Gasteiger partial charge in [0.2, 0.25) is 0 Å². The first kappa shape index (κ1) is 15.1. The Balaban J connectivity index is 2.26. The van der Waals surface area contributed by atoms with Crippen LogP contribution in [0.5, 0.6) is 5.75 Å². The van der Waals surface area contributed by atoms with Crippen molar-refractivity contribution in [3.05, 3.63) is 29.8 Å². The van der Waals surface area contributed by atoms with Gasteiger partial charge in [-0.1, -0.05) is 18.2 Å². The van der Waals surface area contributed by atoms with Crippen molar-refractivity contribution in [1.29, 1.82) is 0 Å². The van der Waals surface area contributed by atoms with Crippen molar-refractivity contribution in [2.75, 3.05) is 7.11 Å². The molecular formula is C15H22N2O2S. The number of hydrogen-bond donors (Lipinski definition) is 2. The summed E-state index contributed by atoms with van der Waals surface area (Å²) in [7, 11) is 1.65. The van der Waals surface area contributed by atoms with E-state index in [2.05, 4.69) is 5.32 Å². The van der Waals surface area contributed by atoms with Gasteiger partial charge < -0.3 is 20.1 Å². The van der Waals surface area contributed by atoms with Gasteiger partial charge in [0.15, 0.2) is 5.11 Å². The third-order valence-electron chi connectivity index (χ3n) is 3.57. The molecule has 20 heavy (non-hydrogen) atoms. The second kappa shape index (κ2) is 5.22. The second-order valence-corrected chi connectivity index (χ2v) is 6.49. The molecular weight excluding hydrogens is 272 g/mol. The fourth-order valence-electron chi connectivity index (χ4n) is 2.80. The second-order valence-electron chi connectivity index (χ2n) is 6.11. The van der Waals surface area contributed by atoms with Crippen molar-refractivity contribution >= 4 is 17.3 Å². The molecule has 0 aliphatic carbocycles. The Hall–Kier alpha value is -1.33.